The van der Waals surface area contributed by atoms with Gasteiger partial charge in [0.15, 0.2) is 0 Å². The lowest BCUT2D eigenvalue weighted by molar-refractivity contribution is 0.0924. The Morgan fingerprint density at radius 1 is 1.47 bits per heavy atom. The van der Waals surface area contributed by atoms with Crippen molar-refractivity contribution in [2.75, 3.05) is 24.7 Å². The van der Waals surface area contributed by atoms with E-state index in [0.717, 1.165) is 44.8 Å². The van der Waals surface area contributed by atoms with E-state index in [1.807, 2.05) is 0 Å². The molecule has 2 N–H and O–H groups in total. The molecule has 3 rings (SSSR count). The highest BCUT2D eigenvalue weighted by molar-refractivity contribution is 5.52. The molecule has 19 heavy (non-hydrogen) atoms. The Morgan fingerprint density at radius 3 is 3.16 bits per heavy atom. The van der Waals surface area contributed by atoms with Gasteiger partial charge in [-0.1, -0.05) is 6.92 Å². The van der Waals surface area contributed by atoms with Crippen molar-refractivity contribution in [3.63, 3.8) is 0 Å². The first-order valence-corrected chi connectivity index (χ1v) is 7.39. The minimum Gasteiger partial charge on any atom is -0.377 e. The van der Waals surface area contributed by atoms with Gasteiger partial charge >= 0.3 is 0 Å². The molecule has 0 radical (unpaired) electrons. The Bertz CT molecular complexity index is 461. The highest BCUT2D eigenvalue weighted by atomic mass is 16.5. The summed E-state index contributed by atoms with van der Waals surface area (Å²) in [6.45, 7) is 5.31. The van der Waals surface area contributed by atoms with Crippen LogP contribution in [0.1, 0.15) is 36.6 Å². The lowest BCUT2D eigenvalue weighted by Crippen LogP contribution is -2.46. The summed E-state index contributed by atoms with van der Waals surface area (Å²) in [5.74, 6) is 1.11. The summed E-state index contributed by atoms with van der Waals surface area (Å²) in [7, 11) is 0. The van der Waals surface area contributed by atoms with Gasteiger partial charge in [-0.05, 0) is 37.3 Å². The van der Waals surface area contributed by atoms with Gasteiger partial charge in [0.05, 0.1) is 19.3 Å². The van der Waals surface area contributed by atoms with Crippen molar-refractivity contribution >= 4 is 5.82 Å². The molecule has 0 saturated carbocycles. The van der Waals surface area contributed by atoms with Crippen molar-refractivity contribution < 1.29 is 4.74 Å². The number of aromatic nitrogens is 1. The number of nitrogens with zero attached hydrogens (tertiary/aromatic N) is 2. The smallest absolute Gasteiger partial charge is 0.133 e. The highest BCUT2D eigenvalue weighted by Crippen LogP contribution is 2.29. The Morgan fingerprint density at radius 2 is 2.37 bits per heavy atom. The monoisotopic (exact) mass is 261 g/mol. The normalized spacial score (nSPS) is 22.6. The molecule has 0 amide bonds. The fourth-order valence-corrected chi connectivity index (χ4v) is 3.18. The molecular weight excluding hydrogens is 238 g/mol. The van der Waals surface area contributed by atoms with Gasteiger partial charge < -0.3 is 15.4 Å². The number of ether oxygens (including phenoxy) is 1. The average Bonchev–Trinajstić information content (AvgIpc) is 2.93. The molecule has 1 aliphatic heterocycles. The third-order valence-corrected chi connectivity index (χ3v) is 4.30. The minimum absolute atomic E-state index is 0.436. The SMILES string of the molecule is CCC1COCCN1c1nc2c(cc1CN)CCC2. The molecule has 1 aliphatic carbocycles. The average molecular weight is 261 g/mol. The number of aryl methyl sites for hydroxylation is 2. The quantitative estimate of drug-likeness (QED) is 0.899. The maximum absolute atomic E-state index is 5.94. The molecule has 0 aromatic carbocycles. The van der Waals surface area contributed by atoms with Crippen molar-refractivity contribution in [1.82, 2.24) is 4.98 Å². The predicted molar refractivity (Wildman–Crippen MR) is 76.4 cm³/mol. The van der Waals surface area contributed by atoms with E-state index in [1.165, 1.54) is 23.2 Å². The molecule has 2 heterocycles. The molecule has 104 valence electrons. The highest BCUT2D eigenvalue weighted by Gasteiger charge is 2.26. The number of nitrogens with two attached hydrogens (primary N) is 1. The van der Waals surface area contributed by atoms with Gasteiger partial charge in [-0.3, -0.25) is 0 Å². The number of anilines is 1. The molecule has 4 nitrogen and oxygen atoms in total. The van der Waals surface area contributed by atoms with Crippen LogP contribution in [0.15, 0.2) is 6.07 Å². The van der Waals surface area contributed by atoms with Gasteiger partial charge in [0, 0.05) is 24.3 Å². The van der Waals surface area contributed by atoms with Gasteiger partial charge in [-0.2, -0.15) is 0 Å². The van der Waals surface area contributed by atoms with Crippen LogP contribution in [0.5, 0.6) is 0 Å². The van der Waals surface area contributed by atoms with E-state index in [9.17, 15) is 0 Å². The number of hydrogen-bond acceptors (Lipinski definition) is 4. The van der Waals surface area contributed by atoms with Crippen LogP contribution in [0, 0.1) is 0 Å². The zero-order valence-electron chi connectivity index (χ0n) is 11.7. The third kappa shape index (κ3) is 2.35. The van der Waals surface area contributed by atoms with E-state index in [2.05, 4.69) is 17.9 Å². The Hall–Kier alpha value is -1.13. The Labute approximate surface area is 115 Å². The molecule has 1 aromatic heterocycles. The topological polar surface area (TPSA) is 51.4 Å². The van der Waals surface area contributed by atoms with Crippen LogP contribution in [0.3, 0.4) is 0 Å². The molecule has 1 aromatic rings. The van der Waals surface area contributed by atoms with Gasteiger partial charge in [-0.25, -0.2) is 4.98 Å². The summed E-state index contributed by atoms with van der Waals surface area (Å²) in [5.41, 5.74) is 9.83. The maximum Gasteiger partial charge on any atom is 0.133 e. The van der Waals surface area contributed by atoms with E-state index in [1.54, 1.807) is 0 Å². The lowest BCUT2D eigenvalue weighted by Gasteiger charge is -2.37. The van der Waals surface area contributed by atoms with Crippen molar-refractivity contribution in [2.45, 2.75) is 45.2 Å². The first-order chi connectivity index (χ1) is 9.33. The van der Waals surface area contributed by atoms with Crippen LogP contribution >= 0.6 is 0 Å². The first-order valence-electron chi connectivity index (χ1n) is 7.39. The number of hydrogen-bond donors (Lipinski definition) is 1. The van der Waals surface area contributed by atoms with Crippen LogP contribution in [0.25, 0.3) is 0 Å². The number of morpholine rings is 1. The second-order valence-electron chi connectivity index (χ2n) is 5.46. The molecule has 1 atom stereocenters. The molecule has 4 heteroatoms. The van der Waals surface area contributed by atoms with Crippen LogP contribution in [-0.4, -0.2) is 30.8 Å². The van der Waals surface area contributed by atoms with Crippen molar-refractivity contribution in [3.05, 3.63) is 22.9 Å². The van der Waals surface area contributed by atoms with Crippen molar-refractivity contribution in [1.29, 1.82) is 0 Å². The zero-order valence-corrected chi connectivity index (χ0v) is 11.7. The summed E-state index contributed by atoms with van der Waals surface area (Å²) in [4.78, 5) is 7.34. The summed E-state index contributed by atoms with van der Waals surface area (Å²) in [6.07, 6.45) is 4.60. The zero-order chi connectivity index (χ0) is 13.2. The minimum atomic E-state index is 0.436. The molecule has 0 spiro atoms. The lowest BCUT2D eigenvalue weighted by atomic mass is 10.1. The summed E-state index contributed by atoms with van der Waals surface area (Å²) < 4.78 is 5.59. The summed E-state index contributed by atoms with van der Waals surface area (Å²) in [5, 5.41) is 0. The summed E-state index contributed by atoms with van der Waals surface area (Å²) in [6, 6.07) is 2.72. The third-order valence-electron chi connectivity index (χ3n) is 4.30. The van der Waals surface area contributed by atoms with E-state index in [0.29, 0.717) is 12.6 Å². The van der Waals surface area contributed by atoms with E-state index < -0.39 is 0 Å². The predicted octanol–water partition coefficient (Wildman–Crippen LogP) is 1.64. The fraction of sp³-hybridized carbons (Fsp3) is 0.667. The van der Waals surface area contributed by atoms with Crippen LogP contribution in [-0.2, 0) is 24.1 Å². The molecule has 1 unspecified atom stereocenters. The molecule has 1 saturated heterocycles. The standard InChI is InChI=1S/C15H23N3O/c1-2-13-10-19-7-6-18(13)15-12(9-16)8-11-4-3-5-14(11)17-15/h8,13H,2-7,9-10,16H2,1H3. The van der Waals surface area contributed by atoms with Gasteiger partial charge in [0.25, 0.3) is 0 Å². The Balaban J connectivity index is 1.98. The number of pyridine rings is 1. The number of rotatable bonds is 3. The van der Waals surface area contributed by atoms with Crippen LogP contribution in [0.4, 0.5) is 5.82 Å². The number of fused-ring (bicyclic) bond motifs is 1. The van der Waals surface area contributed by atoms with E-state index >= 15 is 0 Å². The maximum atomic E-state index is 5.94. The fourth-order valence-electron chi connectivity index (χ4n) is 3.18. The second kappa shape index (κ2) is 5.47. The van der Waals surface area contributed by atoms with Crippen molar-refractivity contribution in [2.24, 2.45) is 5.73 Å². The molecule has 0 bridgehead atoms. The van der Waals surface area contributed by atoms with Gasteiger partial charge in [-0.15, -0.1) is 0 Å². The second-order valence-corrected chi connectivity index (χ2v) is 5.46. The Kier molecular flexibility index (Phi) is 3.71. The summed E-state index contributed by atoms with van der Waals surface area (Å²) >= 11 is 0. The van der Waals surface area contributed by atoms with Crippen molar-refractivity contribution in [3.8, 4) is 0 Å². The molecular formula is C15H23N3O. The molecule has 2 aliphatic rings. The van der Waals surface area contributed by atoms with Crippen LogP contribution in [0.2, 0.25) is 0 Å². The largest absolute Gasteiger partial charge is 0.377 e. The van der Waals surface area contributed by atoms with E-state index in [4.69, 9.17) is 15.5 Å². The molecule has 1 fully saturated rings. The first kappa shape index (κ1) is 12.9. The van der Waals surface area contributed by atoms with E-state index in [-0.39, 0.29) is 0 Å². The van der Waals surface area contributed by atoms with Gasteiger partial charge in [0.2, 0.25) is 0 Å². The van der Waals surface area contributed by atoms with Crippen LogP contribution < -0.4 is 10.6 Å². The van der Waals surface area contributed by atoms with Gasteiger partial charge in [0.1, 0.15) is 5.82 Å².